The summed E-state index contributed by atoms with van der Waals surface area (Å²) in [5, 5.41) is 4.64. The van der Waals surface area contributed by atoms with E-state index in [4.69, 9.17) is 0 Å². The van der Waals surface area contributed by atoms with Gasteiger partial charge >= 0.3 is 29.6 Å². The third-order valence-electron chi connectivity index (χ3n) is 3.24. The van der Waals surface area contributed by atoms with E-state index in [1.54, 1.807) is 0 Å². The van der Waals surface area contributed by atoms with E-state index in [1.807, 2.05) is 56.3 Å². The van der Waals surface area contributed by atoms with Crippen LogP contribution in [0.4, 0.5) is 11.4 Å². The van der Waals surface area contributed by atoms with Crippen LogP contribution in [-0.4, -0.2) is 5.71 Å². The Morgan fingerprint density at radius 3 is 2.14 bits per heavy atom. The number of allylic oxidation sites excluding steroid dienone is 2. The van der Waals surface area contributed by atoms with Crippen LogP contribution in [0.15, 0.2) is 65.3 Å². The second-order valence-corrected chi connectivity index (χ2v) is 5.22. The molecule has 0 radical (unpaired) electrons. The summed E-state index contributed by atoms with van der Waals surface area (Å²) in [6.45, 7) is 8.15. The molecule has 108 valence electrons. The second-order valence-electron chi connectivity index (χ2n) is 5.22. The molecule has 0 aliphatic carbocycles. The van der Waals surface area contributed by atoms with Crippen molar-refractivity contribution in [3.05, 3.63) is 76.7 Å². The molecule has 0 saturated heterocycles. The maximum Gasteiger partial charge on any atom is 1.00 e. The van der Waals surface area contributed by atoms with Gasteiger partial charge in [-0.1, -0.05) is 61.0 Å². The van der Waals surface area contributed by atoms with Crippen LogP contribution >= 0.6 is 0 Å². The minimum absolute atomic E-state index is 0. The Balaban J connectivity index is 0.00000242. The van der Waals surface area contributed by atoms with E-state index >= 15 is 0 Å². The Labute approximate surface area is 155 Å². The first-order chi connectivity index (χ1) is 10.1. The van der Waals surface area contributed by atoms with E-state index in [0.29, 0.717) is 0 Å². The summed E-state index contributed by atoms with van der Waals surface area (Å²) in [5.41, 5.74) is 6.29. The number of benzene rings is 2. The molecular formula is C19H21N2Na. The van der Waals surface area contributed by atoms with E-state index in [0.717, 1.165) is 22.8 Å². The summed E-state index contributed by atoms with van der Waals surface area (Å²) in [5.74, 6) is 0. The molecular weight excluding hydrogens is 279 g/mol. The third kappa shape index (κ3) is 5.45. The summed E-state index contributed by atoms with van der Waals surface area (Å²) in [7, 11) is 0. The van der Waals surface area contributed by atoms with Crippen molar-refractivity contribution in [2.75, 3.05) is 0 Å². The first-order valence-electron chi connectivity index (χ1n) is 7.13. The van der Waals surface area contributed by atoms with Gasteiger partial charge in [0.15, 0.2) is 0 Å². The zero-order valence-electron chi connectivity index (χ0n) is 14.1. The maximum absolute atomic E-state index is 4.64. The quantitative estimate of drug-likeness (QED) is 0.613. The molecule has 0 spiro atoms. The van der Waals surface area contributed by atoms with E-state index in [-0.39, 0.29) is 29.6 Å². The van der Waals surface area contributed by atoms with E-state index in [1.165, 1.54) is 11.1 Å². The van der Waals surface area contributed by atoms with E-state index < -0.39 is 0 Å². The molecule has 0 amide bonds. The molecule has 22 heavy (non-hydrogen) atoms. The summed E-state index contributed by atoms with van der Waals surface area (Å²) < 4.78 is 0. The number of rotatable bonds is 4. The zero-order chi connectivity index (χ0) is 15.2. The Kier molecular flexibility index (Phi) is 7.60. The Hall–Kier alpha value is -1.35. The summed E-state index contributed by atoms with van der Waals surface area (Å²) in [6, 6.07) is 16.3. The van der Waals surface area contributed by atoms with Crippen molar-refractivity contribution >= 4 is 17.1 Å². The Bertz CT molecular complexity index is 687. The molecule has 0 bridgehead atoms. The van der Waals surface area contributed by atoms with Crippen LogP contribution in [0.2, 0.25) is 0 Å². The predicted octanol–water partition coefficient (Wildman–Crippen LogP) is 3.01. The van der Waals surface area contributed by atoms with Crippen LogP contribution in [0, 0.1) is 13.8 Å². The van der Waals surface area contributed by atoms with Crippen molar-refractivity contribution in [3.8, 4) is 0 Å². The van der Waals surface area contributed by atoms with Gasteiger partial charge in [-0.2, -0.15) is 5.70 Å². The zero-order valence-corrected chi connectivity index (χ0v) is 16.1. The molecule has 0 aromatic heterocycles. The summed E-state index contributed by atoms with van der Waals surface area (Å²) in [6.07, 6.45) is 2.01. The van der Waals surface area contributed by atoms with Crippen molar-refractivity contribution in [1.29, 1.82) is 0 Å². The normalized spacial score (nSPS) is 11.8. The van der Waals surface area contributed by atoms with E-state index in [9.17, 15) is 0 Å². The molecule has 0 fully saturated rings. The average Bonchev–Trinajstić information content (AvgIpc) is 2.44. The molecule has 2 aromatic rings. The van der Waals surface area contributed by atoms with Gasteiger partial charge in [-0.25, -0.2) is 0 Å². The minimum atomic E-state index is 0. The number of nitrogens with zero attached hydrogens (tertiary/aromatic N) is 2. The van der Waals surface area contributed by atoms with Gasteiger partial charge in [0.1, 0.15) is 0 Å². The number of aliphatic imine (C=N–C) groups is 1. The first kappa shape index (κ1) is 18.7. The molecule has 0 N–H and O–H groups in total. The number of hydrogen-bond acceptors (Lipinski definition) is 1. The van der Waals surface area contributed by atoms with Crippen LogP contribution in [-0.2, 0) is 0 Å². The summed E-state index contributed by atoms with van der Waals surface area (Å²) in [4.78, 5) is 4.64. The molecule has 0 atom stereocenters. The van der Waals surface area contributed by atoms with Crippen LogP contribution < -0.4 is 29.6 Å². The van der Waals surface area contributed by atoms with E-state index in [2.05, 4.69) is 36.3 Å². The first-order valence-corrected chi connectivity index (χ1v) is 7.13. The van der Waals surface area contributed by atoms with Gasteiger partial charge in [-0.3, -0.25) is 4.99 Å². The predicted molar refractivity (Wildman–Crippen MR) is 91.9 cm³/mol. The molecule has 2 rings (SSSR count). The van der Waals surface area contributed by atoms with Crippen LogP contribution in [0.5, 0.6) is 0 Å². The SMILES string of the molecule is CC(/C=C(/C)[N-]c1ccccc1C)=Nc1ccccc1C.[Na+]. The van der Waals surface area contributed by atoms with Gasteiger partial charge in [-0.15, -0.1) is 5.69 Å². The molecule has 0 unspecified atom stereocenters. The monoisotopic (exact) mass is 300 g/mol. The number of hydrogen-bond donors (Lipinski definition) is 0. The van der Waals surface area contributed by atoms with Crippen molar-refractivity contribution in [3.63, 3.8) is 0 Å². The van der Waals surface area contributed by atoms with Crippen molar-refractivity contribution in [2.24, 2.45) is 4.99 Å². The van der Waals surface area contributed by atoms with Crippen LogP contribution in [0.1, 0.15) is 25.0 Å². The average molecular weight is 300 g/mol. The molecule has 2 nitrogen and oxygen atoms in total. The van der Waals surface area contributed by atoms with Gasteiger partial charge in [0, 0.05) is 5.71 Å². The largest absolute Gasteiger partial charge is 1.00 e. The van der Waals surface area contributed by atoms with Gasteiger partial charge in [0.05, 0.1) is 5.69 Å². The standard InChI is InChI=1S/C19H21N2.Na/c1-14-9-5-7-11-18(14)20-16(3)13-17(4)21-19-12-8-6-10-15(19)2;/h5-13H,1-4H3;/q-1;+1/b16-13-,21-17?;. The van der Waals surface area contributed by atoms with Gasteiger partial charge in [0.25, 0.3) is 0 Å². The maximum atomic E-state index is 4.64. The minimum Gasteiger partial charge on any atom is -0.661 e. The second kappa shape index (κ2) is 8.94. The van der Waals surface area contributed by atoms with Gasteiger partial charge in [0.2, 0.25) is 0 Å². The number of aryl methyl sites for hydroxylation is 2. The van der Waals surface area contributed by atoms with Crippen molar-refractivity contribution in [2.45, 2.75) is 27.7 Å². The molecule has 2 aromatic carbocycles. The van der Waals surface area contributed by atoms with Crippen LogP contribution in [0.25, 0.3) is 5.32 Å². The van der Waals surface area contributed by atoms with Crippen molar-refractivity contribution in [1.82, 2.24) is 0 Å². The topological polar surface area (TPSA) is 26.5 Å². The molecule has 0 aliphatic heterocycles. The number of para-hydroxylation sites is 2. The van der Waals surface area contributed by atoms with Crippen LogP contribution in [0.3, 0.4) is 0 Å². The fourth-order valence-electron chi connectivity index (χ4n) is 2.12. The molecule has 0 saturated carbocycles. The molecule has 0 aliphatic rings. The summed E-state index contributed by atoms with van der Waals surface area (Å²) >= 11 is 0. The fourth-order valence-corrected chi connectivity index (χ4v) is 2.12. The molecule has 3 heteroatoms. The van der Waals surface area contributed by atoms with Gasteiger partial charge in [-0.05, 0) is 32.4 Å². The smallest absolute Gasteiger partial charge is 0.661 e. The Morgan fingerprint density at radius 1 is 0.909 bits per heavy atom. The Morgan fingerprint density at radius 2 is 1.50 bits per heavy atom. The van der Waals surface area contributed by atoms with Crippen molar-refractivity contribution < 1.29 is 29.6 Å². The third-order valence-corrected chi connectivity index (χ3v) is 3.24. The van der Waals surface area contributed by atoms with Gasteiger partial charge < -0.3 is 5.32 Å². The fraction of sp³-hybridized carbons (Fsp3) is 0.211. The molecule has 0 heterocycles.